The molecule has 0 bridgehead atoms. The van der Waals surface area contributed by atoms with E-state index in [1.165, 1.54) is 6.07 Å². The van der Waals surface area contributed by atoms with Crippen molar-refractivity contribution < 1.29 is 56.8 Å². The summed E-state index contributed by atoms with van der Waals surface area (Å²) >= 11 is 0. The molecule has 0 aliphatic carbocycles. The molecule has 3 aliphatic heterocycles. The molecule has 2 fully saturated rings. The van der Waals surface area contributed by atoms with Crippen molar-refractivity contribution in [1.82, 2.24) is 0 Å². The van der Waals surface area contributed by atoms with Crippen LogP contribution in [0.2, 0.25) is 87.1 Å². The van der Waals surface area contributed by atoms with Gasteiger partial charge >= 0.3 is 26.7 Å². The number of rotatable bonds is 12. The summed E-state index contributed by atoms with van der Waals surface area (Å²) in [7, 11) is -7.79. The van der Waals surface area contributed by atoms with Crippen molar-refractivity contribution in [1.29, 1.82) is 0 Å². The average molecular weight is 841 g/mol. The summed E-state index contributed by atoms with van der Waals surface area (Å²) in [5, 5.41) is 11.6. The number of hydrogen-bond donors (Lipinski definition) is 1. The summed E-state index contributed by atoms with van der Waals surface area (Å²) in [6.45, 7) is 32.5. The van der Waals surface area contributed by atoms with Gasteiger partial charge in [0.05, 0.1) is 44.2 Å². The van der Waals surface area contributed by atoms with Crippen molar-refractivity contribution in [3.05, 3.63) is 34.4 Å². The van der Waals surface area contributed by atoms with Crippen LogP contribution >= 0.6 is 0 Å². The Labute approximate surface area is 332 Å². The van der Waals surface area contributed by atoms with Crippen molar-refractivity contribution in [2.45, 2.75) is 165 Å². The fourth-order valence-electron chi connectivity index (χ4n) is 7.45. The number of ether oxygens (including phenoxy) is 6. The molecule has 1 spiro atoms. The molecule has 1 aromatic carbocycles. The van der Waals surface area contributed by atoms with Crippen LogP contribution in [0.4, 0.5) is 4.79 Å². The Morgan fingerprint density at radius 1 is 0.800 bits per heavy atom. The van der Waals surface area contributed by atoms with E-state index in [2.05, 4.69) is 100 Å². The molecular weight excluding hydrogens is 773 g/mol. The first-order valence-electron chi connectivity index (χ1n) is 19.7. The van der Waals surface area contributed by atoms with Gasteiger partial charge in [-0.05, 0) is 35.8 Å². The summed E-state index contributed by atoms with van der Waals surface area (Å²) in [5.74, 6) is -3.28. The second-order valence-electron chi connectivity index (χ2n) is 21.0. The van der Waals surface area contributed by atoms with E-state index >= 15 is 0 Å². The average Bonchev–Trinajstić information content (AvgIpc) is 3.37. The van der Waals surface area contributed by atoms with E-state index in [1.54, 1.807) is 6.07 Å². The van der Waals surface area contributed by atoms with Crippen molar-refractivity contribution in [3.8, 4) is 0 Å². The molecule has 16 heteroatoms. The Bertz CT molecular complexity index is 1550. The summed E-state index contributed by atoms with van der Waals surface area (Å²) in [6, 6.07) is 5.24. The number of carbonyl (C=O) groups is 3. The number of carbonyl (C=O) groups excluding carboxylic acids is 3. The number of aliphatic hydroxyl groups excluding tert-OH is 1. The molecule has 3 aliphatic rings. The van der Waals surface area contributed by atoms with Gasteiger partial charge in [-0.25, -0.2) is 14.4 Å². The van der Waals surface area contributed by atoms with Crippen LogP contribution < -0.4 is 0 Å². The monoisotopic (exact) mass is 840 g/mol. The standard InChI is InChI=1S/C39H68O12Si4/c1-37(2,3)55(38(4,5)6)48-25-29-32(51-55)31(40)33(49-36(43)46-18-21-54(13,14)15)39(50-29)30-27(24-47-39)22-26(34(41)44-16-19-52(7,8)9)23-28(30)35(42)45-17-20-53(10,11)12/h22-23,29,31-33,40H,16-21,24-25H2,1-15H3/t29-,31+,32-,33-,39+/m1/s1. The fourth-order valence-corrected chi connectivity index (χ4v) is 14.6. The molecule has 3 heterocycles. The summed E-state index contributed by atoms with van der Waals surface area (Å²) < 4.78 is 50.1. The third kappa shape index (κ3) is 10.6. The maximum Gasteiger partial charge on any atom is 0.508 e. The lowest BCUT2D eigenvalue weighted by Gasteiger charge is -2.58. The molecule has 0 amide bonds. The van der Waals surface area contributed by atoms with Crippen molar-refractivity contribution in [3.63, 3.8) is 0 Å². The molecule has 0 saturated carbocycles. The zero-order valence-electron chi connectivity index (χ0n) is 36.1. The van der Waals surface area contributed by atoms with Crippen molar-refractivity contribution >= 4 is 50.9 Å². The molecule has 0 radical (unpaired) electrons. The minimum Gasteiger partial charge on any atom is -0.462 e. The predicted molar refractivity (Wildman–Crippen MR) is 221 cm³/mol. The summed E-state index contributed by atoms with van der Waals surface area (Å²) in [6.07, 6.45) is -5.88. The van der Waals surface area contributed by atoms with Crippen LogP contribution in [0.15, 0.2) is 12.1 Å². The number of benzene rings is 1. The van der Waals surface area contributed by atoms with Gasteiger partial charge in [0.1, 0.15) is 18.3 Å². The Morgan fingerprint density at radius 3 is 1.82 bits per heavy atom. The number of aliphatic hydroxyl groups is 1. The molecule has 2 saturated heterocycles. The Balaban J connectivity index is 1.83. The van der Waals surface area contributed by atoms with E-state index in [-0.39, 0.29) is 49.7 Å². The fraction of sp³-hybridized carbons (Fsp3) is 0.769. The lowest BCUT2D eigenvalue weighted by Crippen LogP contribution is -2.73. The first kappa shape index (κ1) is 45.8. The van der Waals surface area contributed by atoms with E-state index in [0.29, 0.717) is 11.6 Å². The van der Waals surface area contributed by atoms with E-state index in [0.717, 1.165) is 12.1 Å². The zero-order valence-corrected chi connectivity index (χ0v) is 40.1. The number of hydrogen-bond acceptors (Lipinski definition) is 12. The Hall–Kier alpha value is -1.90. The second-order valence-corrected chi connectivity index (χ2v) is 42.6. The highest BCUT2D eigenvalue weighted by molar-refractivity contribution is 6.77. The molecule has 0 unspecified atom stereocenters. The van der Waals surface area contributed by atoms with E-state index in [4.69, 9.17) is 37.3 Å². The summed E-state index contributed by atoms with van der Waals surface area (Å²) in [5.41, 5.74) is 0.802. The molecule has 312 valence electrons. The topological polar surface area (TPSA) is 145 Å². The van der Waals surface area contributed by atoms with Gasteiger partial charge in [0.15, 0.2) is 6.10 Å². The maximum absolute atomic E-state index is 14.2. The minimum absolute atomic E-state index is 0.000164. The zero-order chi connectivity index (χ0) is 41.6. The normalized spacial score (nSPS) is 25.5. The lowest BCUT2D eigenvalue weighted by molar-refractivity contribution is -0.373. The highest BCUT2D eigenvalue weighted by atomic mass is 28.4. The van der Waals surface area contributed by atoms with Crippen LogP contribution in [0, 0.1) is 0 Å². The highest BCUT2D eigenvalue weighted by Crippen LogP contribution is 2.57. The van der Waals surface area contributed by atoms with Crippen LogP contribution in [0.3, 0.4) is 0 Å². The van der Waals surface area contributed by atoms with Crippen molar-refractivity contribution in [2.24, 2.45) is 0 Å². The first-order chi connectivity index (χ1) is 25.0. The maximum atomic E-state index is 14.2. The van der Waals surface area contributed by atoms with Crippen molar-refractivity contribution in [2.75, 3.05) is 26.4 Å². The molecule has 1 aromatic rings. The van der Waals surface area contributed by atoms with Gasteiger partial charge in [0.25, 0.3) is 0 Å². The van der Waals surface area contributed by atoms with Gasteiger partial charge in [-0.15, -0.1) is 0 Å². The highest BCUT2D eigenvalue weighted by Gasteiger charge is 2.69. The minimum atomic E-state index is -3.14. The molecular formula is C39H68O12Si4. The molecule has 5 atom stereocenters. The molecule has 12 nitrogen and oxygen atoms in total. The SMILES string of the molecule is CC(C)(C)[Si]1(C(C)(C)C)OC[C@H]2O[C@]3(OCc4cc(C(=O)OCC[Si](C)(C)C)cc(C(=O)OCC[Si](C)(C)C)c43)[C@H](OC(=O)OCC[Si](C)(C)C)[C@@H](O)[C@@H]2O1. The van der Waals surface area contributed by atoms with Gasteiger partial charge in [-0.1, -0.05) is 100 Å². The smallest absolute Gasteiger partial charge is 0.462 e. The molecule has 1 N–H and O–H groups in total. The predicted octanol–water partition coefficient (Wildman–Crippen LogP) is 8.44. The second kappa shape index (κ2) is 16.4. The van der Waals surface area contributed by atoms with Crippen LogP contribution in [-0.4, -0.2) is 107 Å². The van der Waals surface area contributed by atoms with E-state index in [9.17, 15) is 19.5 Å². The van der Waals surface area contributed by atoms with Gasteiger partial charge < -0.3 is 42.4 Å². The van der Waals surface area contributed by atoms with Crippen LogP contribution in [0.1, 0.15) is 73.4 Å². The van der Waals surface area contributed by atoms with Gasteiger partial charge in [-0.3, -0.25) is 0 Å². The molecule has 4 rings (SSSR count). The number of fused-ring (bicyclic) bond motifs is 3. The van der Waals surface area contributed by atoms with Crippen LogP contribution in [0.5, 0.6) is 0 Å². The Morgan fingerprint density at radius 2 is 1.31 bits per heavy atom. The van der Waals surface area contributed by atoms with Crippen LogP contribution in [-0.2, 0) is 49.7 Å². The van der Waals surface area contributed by atoms with Crippen LogP contribution in [0.25, 0.3) is 0 Å². The third-order valence-corrected chi connectivity index (χ3v) is 20.6. The largest absolute Gasteiger partial charge is 0.508 e. The van der Waals surface area contributed by atoms with E-state index < -0.39 is 91.2 Å². The molecule has 55 heavy (non-hydrogen) atoms. The van der Waals surface area contributed by atoms with E-state index in [1.807, 2.05) is 0 Å². The Kier molecular flexibility index (Phi) is 13.6. The third-order valence-electron chi connectivity index (χ3n) is 10.4. The summed E-state index contributed by atoms with van der Waals surface area (Å²) in [4.78, 5) is 41.2. The number of esters is 2. The molecule has 0 aromatic heterocycles. The van der Waals surface area contributed by atoms with Gasteiger partial charge in [-0.2, -0.15) is 0 Å². The first-order valence-corrected chi connectivity index (χ1v) is 32.6. The van der Waals surface area contributed by atoms with Gasteiger partial charge in [0.2, 0.25) is 5.79 Å². The quantitative estimate of drug-likeness (QED) is 0.123. The lowest BCUT2D eigenvalue weighted by atomic mass is 9.84. The van der Waals surface area contributed by atoms with Gasteiger partial charge in [0, 0.05) is 39.9 Å².